The molecule has 0 bridgehead atoms. The Morgan fingerprint density at radius 1 is 0.209 bits per heavy atom. The van der Waals surface area contributed by atoms with Gasteiger partial charge < -0.3 is 0 Å². The molecule has 0 amide bonds. The smallest absolute Gasteiger partial charge is 0.160 e. The fourth-order valence-electron chi connectivity index (χ4n) is 11.0. The quantitative estimate of drug-likeness (QED) is 0.167. The van der Waals surface area contributed by atoms with E-state index in [1.165, 1.54) is 55.6 Å². The van der Waals surface area contributed by atoms with E-state index in [4.69, 9.17) is 9.97 Å². The average molecular weight is 851 g/mol. The molecule has 1 heterocycles. The minimum atomic E-state index is -0.622. The molecule has 0 aliphatic heterocycles. The third kappa shape index (κ3) is 6.26. The summed E-state index contributed by atoms with van der Waals surface area (Å²) in [6, 6.07) is 92.6. The van der Waals surface area contributed by atoms with Crippen molar-refractivity contribution in [3.63, 3.8) is 0 Å². The van der Waals surface area contributed by atoms with Gasteiger partial charge in [0.05, 0.1) is 16.8 Å². The van der Waals surface area contributed by atoms with Crippen LogP contribution < -0.4 is 0 Å². The highest BCUT2D eigenvalue weighted by molar-refractivity contribution is 5.98. The summed E-state index contributed by atoms with van der Waals surface area (Å²) in [5, 5.41) is 0. The topological polar surface area (TPSA) is 25.8 Å². The molecule has 2 aliphatic rings. The van der Waals surface area contributed by atoms with Crippen LogP contribution in [-0.2, 0) is 5.41 Å². The maximum absolute atomic E-state index is 5.62. The lowest BCUT2D eigenvalue weighted by Crippen LogP contribution is -2.29. The maximum atomic E-state index is 5.62. The Balaban J connectivity index is 1.11. The summed E-state index contributed by atoms with van der Waals surface area (Å²) < 4.78 is 0. The van der Waals surface area contributed by atoms with Crippen LogP contribution in [0.1, 0.15) is 22.3 Å². The van der Waals surface area contributed by atoms with Crippen LogP contribution in [0.5, 0.6) is 0 Å². The normalized spacial score (nSPS) is 12.6. The molecule has 11 aromatic rings. The molecule has 312 valence electrons. The number of fused-ring (bicyclic) bond motifs is 12. The lowest BCUT2D eigenvalue weighted by atomic mass is 9.65. The molecule has 0 saturated carbocycles. The molecular formula is C65H42N2. The molecule has 13 rings (SSSR count). The van der Waals surface area contributed by atoms with Gasteiger partial charge in [0, 0.05) is 16.7 Å². The SMILES string of the molecule is c1ccc(-c2cc(-c3ccccc3)cc(-c3cc(-c4ccccc4-c4ccccc4)nc(-c4ccc5c(c4)C4(c6ccccc6-c6ccccc6-5)c5ccccc5-c5ccccc54)n3)c2)cc1. The van der Waals surface area contributed by atoms with E-state index in [-0.39, 0.29) is 0 Å². The van der Waals surface area contributed by atoms with Gasteiger partial charge in [-0.3, -0.25) is 0 Å². The Labute approximate surface area is 391 Å². The van der Waals surface area contributed by atoms with Gasteiger partial charge in [-0.15, -0.1) is 0 Å². The van der Waals surface area contributed by atoms with Gasteiger partial charge in [0.15, 0.2) is 5.82 Å². The minimum absolute atomic E-state index is 0.622. The van der Waals surface area contributed by atoms with Crippen molar-refractivity contribution in [2.24, 2.45) is 0 Å². The van der Waals surface area contributed by atoms with Gasteiger partial charge in [0.25, 0.3) is 0 Å². The first kappa shape index (κ1) is 38.7. The van der Waals surface area contributed by atoms with E-state index >= 15 is 0 Å². The summed E-state index contributed by atoms with van der Waals surface area (Å²) in [4.78, 5) is 11.2. The van der Waals surface area contributed by atoms with Crippen molar-refractivity contribution < 1.29 is 0 Å². The fourth-order valence-corrected chi connectivity index (χ4v) is 11.0. The molecule has 0 fully saturated rings. The number of hydrogen-bond acceptors (Lipinski definition) is 2. The highest BCUT2D eigenvalue weighted by atomic mass is 14.9. The molecule has 1 spiro atoms. The summed E-state index contributed by atoms with van der Waals surface area (Å²) in [5.74, 6) is 0.671. The summed E-state index contributed by atoms with van der Waals surface area (Å²) in [5.41, 5.74) is 23.4. The van der Waals surface area contributed by atoms with Crippen LogP contribution in [0.2, 0.25) is 0 Å². The van der Waals surface area contributed by atoms with Crippen molar-refractivity contribution in [3.8, 4) is 101 Å². The predicted molar refractivity (Wildman–Crippen MR) is 276 cm³/mol. The van der Waals surface area contributed by atoms with Crippen LogP contribution in [0.4, 0.5) is 0 Å². The maximum Gasteiger partial charge on any atom is 0.160 e. The molecule has 0 atom stereocenters. The van der Waals surface area contributed by atoms with E-state index < -0.39 is 5.41 Å². The predicted octanol–water partition coefficient (Wildman–Crippen LogP) is 16.5. The van der Waals surface area contributed by atoms with Gasteiger partial charge in [-0.1, -0.05) is 224 Å². The molecule has 1 aromatic heterocycles. The molecule has 0 saturated heterocycles. The van der Waals surface area contributed by atoms with Gasteiger partial charge in [-0.2, -0.15) is 0 Å². The van der Waals surface area contributed by atoms with Gasteiger partial charge in [-0.05, 0) is 119 Å². The number of rotatable bonds is 6. The first-order chi connectivity index (χ1) is 33.2. The zero-order chi connectivity index (χ0) is 44.3. The molecule has 67 heavy (non-hydrogen) atoms. The lowest BCUT2D eigenvalue weighted by molar-refractivity contribution is 0.775. The number of hydrogen-bond donors (Lipinski definition) is 0. The van der Waals surface area contributed by atoms with Crippen molar-refractivity contribution >= 4 is 0 Å². The Bertz CT molecular complexity index is 3580. The van der Waals surface area contributed by atoms with Crippen molar-refractivity contribution in [2.45, 2.75) is 5.41 Å². The zero-order valence-corrected chi connectivity index (χ0v) is 36.6. The van der Waals surface area contributed by atoms with Crippen molar-refractivity contribution in [2.75, 3.05) is 0 Å². The molecular weight excluding hydrogens is 809 g/mol. The first-order valence-corrected chi connectivity index (χ1v) is 23.1. The molecule has 2 heteroatoms. The van der Waals surface area contributed by atoms with E-state index in [1.807, 2.05) is 0 Å². The van der Waals surface area contributed by atoms with Gasteiger partial charge >= 0.3 is 0 Å². The highest BCUT2D eigenvalue weighted by Gasteiger charge is 2.49. The lowest BCUT2D eigenvalue weighted by Gasteiger charge is -2.35. The van der Waals surface area contributed by atoms with Crippen LogP contribution in [0.15, 0.2) is 255 Å². The summed E-state index contributed by atoms with van der Waals surface area (Å²) >= 11 is 0. The Morgan fingerprint density at radius 2 is 0.597 bits per heavy atom. The largest absolute Gasteiger partial charge is 0.228 e. The highest BCUT2D eigenvalue weighted by Crippen LogP contribution is 2.61. The summed E-state index contributed by atoms with van der Waals surface area (Å²) in [7, 11) is 0. The summed E-state index contributed by atoms with van der Waals surface area (Å²) in [6.45, 7) is 0. The fraction of sp³-hybridized carbons (Fsp3) is 0.0154. The van der Waals surface area contributed by atoms with E-state index in [2.05, 4.69) is 255 Å². The molecule has 2 nitrogen and oxygen atoms in total. The third-order valence-corrected chi connectivity index (χ3v) is 13.9. The van der Waals surface area contributed by atoms with Crippen LogP contribution in [-0.4, -0.2) is 9.97 Å². The Hall–Kier alpha value is -8.72. The van der Waals surface area contributed by atoms with Crippen LogP contribution in [0, 0.1) is 0 Å². The zero-order valence-electron chi connectivity index (χ0n) is 36.6. The second-order valence-electron chi connectivity index (χ2n) is 17.6. The number of benzene rings is 10. The second kappa shape index (κ2) is 15.8. The monoisotopic (exact) mass is 850 g/mol. The average Bonchev–Trinajstić information content (AvgIpc) is 3.66. The number of nitrogens with zero attached hydrogens (tertiary/aromatic N) is 2. The van der Waals surface area contributed by atoms with E-state index in [0.29, 0.717) is 5.82 Å². The van der Waals surface area contributed by atoms with E-state index in [9.17, 15) is 0 Å². The van der Waals surface area contributed by atoms with Crippen molar-refractivity contribution in [1.29, 1.82) is 0 Å². The molecule has 2 aliphatic carbocycles. The third-order valence-electron chi connectivity index (χ3n) is 13.9. The van der Waals surface area contributed by atoms with Crippen LogP contribution in [0.3, 0.4) is 0 Å². The molecule has 0 N–H and O–H groups in total. The molecule has 0 unspecified atom stereocenters. The van der Waals surface area contributed by atoms with Gasteiger partial charge in [-0.25, -0.2) is 9.97 Å². The standard InChI is InChI=1S/C65H42N2/c1-4-20-43(21-5-1)47-38-48(44-22-6-2-7-23-44)40-49(39-47)62-42-63(57-32-13-10-26-50(57)45-24-8-3-9-25-45)67-64(66-62)46-36-37-56-52-28-12-11-27-51(52)53-29-14-17-33-58(53)65(61(56)41-46)59-34-18-15-30-54(59)55-31-16-19-35-60(55)65/h1-42H. The second-order valence-corrected chi connectivity index (χ2v) is 17.6. The van der Waals surface area contributed by atoms with E-state index in [1.54, 1.807) is 0 Å². The van der Waals surface area contributed by atoms with Crippen molar-refractivity contribution in [1.82, 2.24) is 9.97 Å². The molecule has 0 radical (unpaired) electrons. The summed E-state index contributed by atoms with van der Waals surface area (Å²) in [6.07, 6.45) is 0. The van der Waals surface area contributed by atoms with Gasteiger partial charge in [0.1, 0.15) is 0 Å². The van der Waals surface area contributed by atoms with E-state index in [0.717, 1.165) is 61.5 Å². The molecule has 10 aromatic carbocycles. The van der Waals surface area contributed by atoms with Gasteiger partial charge in [0.2, 0.25) is 0 Å². The number of aromatic nitrogens is 2. The van der Waals surface area contributed by atoms with Crippen LogP contribution >= 0.6 is 0 Å². The first-order valence-electron chi connectivity index (χ1n) is 23.1. The Kier molecular flexibility index (Phi) is 9.11. The van der Waals surface area contributed by atoms with Crippen LogP contribution in [0.25, 0.3) is 101 Å². The Morgan fingerprint density at radius 3 is 1.13 bits per heavy atom. The minimum Gasteiger partial charge on any atom is -0.228 e. The van der Waals surface area contributed by atoms with Crippen molar-refractivity contribution in [3.05, 3.63) is 277 Å².